The number of nitrogens with one attached hydrogen (secondary N) is 1. The Morgan fingerprint density at radius 2 is 1.95 bits per heavy atom. The molecule has 1 amide bonds. The molecule has 0 radical (unpaired) electrons. The Kier molecular flexibility index (Phi) is 4.45. The van der Waals surface area contributed by atoms with Crippen molar-refractivity contribution in [2.75, 3.05) is 13.7 Å². The van der Waals surface area contributed by atoms with Gasteiger partial charge >= 0.3 is 5.97 Å². The maximum atomic E-state index is 12.1. The third-order valence-corrected chi connectivity index (χ3v) is 4.04. The second-order valence-corrected chi connectivity index (χ2v) is 5.69. The summed E-state index contributed by atoms with van der Waals surface area (Å²) in [7, 11) is 1.36. The maximum Gasteiger partial charge on any atom is 0.331 e. The highest BCUT2D eigenvalue weighted by molar-refractivity contribution is 5.90. The van der Waals surface area contributed by atoms with Gasteiger partial charge in [0.25, 0.3) is 0 Å². The fourth-order valence-corrected chi connectivity index (χ4v) is 2.53. The minimum atomic E-state index is -0.830. The summed E-state index contributed by atoms with van der Waals surface area (Å²) < 4.78 is 10.4. The molecule has 1 unspecified atom stereocenters. The molecule has 0 spiro atoms. The van der Waals surface area contributed by atoms with Crippen molar-refractivity contribution in [3.63, 3.8) is 0 Å². The molecule has 0 heterocycles. The van der Waals surface area contributed by atoms with Gasteiger partial charge < -0.3 is 14.8 Å². The van der Waals surface area contributed by atoms with E-state index in [2.05, 4.69) is 5.32 Å². The molecule has 0 aliphatic heterocycles. The average molecular weight is 269 g/mol. The summed E-state index contributed by atoms with van der Waals surface area (Å²) >= 11 is 0. The molecule has 5 heteroatoms. The van der Waals surface area contributed by atoms with Crippen LogP contribution in [0.25, 0.3) is 0 Å². The summed E-state index contributed by atoms with van der Waals surface area (Å²) in [6, 6.07) is 0. The first-order valence-corrected chi connectivity index (χ1v) is 7.09. The lowest BCUT2D eigenvalue weighted by Gasteiger charge is -2.28. The number of carbonyl (C=O) groups excluding carboxylic acids is 2. The van der Waals surface area contributed by atoms with Crippen LogP contribution in [0.4, 0.5) is 0 Å². The van der Waals surface area contributed by atoms with E-state index < -0.39 is 11.6 Å². The predicted octanol–water partition coefficient (Wildman–Crippen LogP) is 1.40. The van der Waals surface area contributed by atoms with Crippen LogP contribution in [-0.2, 0) is 19.1 Å². The third-order valence-electron chi connectivity index (χ3n) is 4.04. The first-order chi connectivity index (χ1) is 9.07. The zero-order valence-corrected chi connectivity index (χ0v) is 11.7. The lowest BCUT2D eigenvalue weighted by molar-refractivity contribution is -0.152. The van der Waals surface area contributed by atoms with Gasteiger partial charge in [0.15, 0.2) is 0 Å². The van der Waals surface area contributed by atoms with Crippen molar-refractivity contribution in [1.82, 2.24) is 5.32 Å². The van der Waals surface area contributed by atoms with E-state index in [4.69, 9.17) is 9.47 Å². The molecule has 0 aromatic rings. The Hall–Kier alpha value is -1.10. The highest BCUT2D eigenvalue weighted by atomic mass is 16.5. The van der Waals surface area contributed by atoms with E-state index in [9.17, 15) is 9.59 Å². The Labute approximate surface area is 114 Å². The molecule has 2 aliphatic carbocycles. The largest absolute Gasteiger partial charge is 0.467 e. The molecule has 2 saturated carbocycles. The van der Waals surface area contributed by atoms with Gasteiger partial charge in [-0.05, 0) is 38.5 Å². The lowest BCUT2D eigenvalue weighted by Crippen LogP contribution is -2.55. The molecule has 0 saturated heterocycles. The van der Waals surface area contributed by atoms with E-state index in [0.29, 0.717) is 25.4 Å². The molecular weight excluding hydrogens is 246 g/mol. The number of ether oxygens (including phenoxy) is 2. The second-order valence-electron chi connectivity index (χ2n) is 5.69. The molecular formula is C14H23NO4. The summed E-state index contributed by atoms with van der Waals surface area (Å²) in [5.74, 6) is 0.0667. The van der Waals surface area contributed by atoms with E-state index in [1.165, 1.54) is 20.0 Å². The number of amides is 1. The molecule has 0 bridgehead atoms. The van der Waals surface area contributed by atoms with Crippen molar-refractivity contribution in [2.45, 2.75) is 57.1 Å². The van der Waals surface area contributed by atoms with Crippen LogP contribution < -0.4 is 5.32 Å². The summed E-state index contributed by atoms with van der Waals surface area (Å²) in [4.78, 5) is 24.0. The van der Waals surface area contributed by atoms with Crippen LogP contribution in [0.1, 0.15) is 45.4 Å². The van der Waals surface area contributed by atoms with Crippen LogP contribution in [0.15, 0.2) is 0 Å². The maximum absolute atomic E-state index is 12.1. The topological polar surface area (TPSA) is 64.6 Å². The Morgan fingerprint density at radius 3 is 2.47 bits per heavy atom. The van der Waals surface area contributed by atoms with Crippen molar-refractivity contribution < 1.29 is 19.1 Å². The van der Waals surface area contributed by atoms with Crippen LogP contribution in [-0.4, -0.2) is 37.2 Å². The van der Waals surface area contributed by atoms with Gasteiger partial charge in [-0.25, -0.2) is 4.79 Å². The molecule has 2 fully saturated rings. The van der Waals surface area contributed by atoms with Crippen molar-refractivity contribution >= 4 is 11.9 Å². The number of hydrogen-bond acceptors (Lipinski definition) is 4. The molecule has 2 rings (SSSR count). The van der Waals surface area contributed by atoms with E-state index >= 15 is 0 Å². The van der Waals surface area contributed by atoms with E-state index in [1.54, 1.807) is 6.92 Å². The van der Waals surface area contributed by atoms with Gasteiger partial charge in [0.1, 0.15) is 11.6 Å². The number of esters is 1. The number of hydrogen-bond donors (Lipinski definition) is 1. The predicted molar refractivity (Wildman–Crippen MR) is 69.5 cm³/mol. The van der Waals surface area contributed by atoms with Gasteiger partial charge in [0.2, 0.25) is 5.91 Å². The van der Waals surface area contributed by atoms with E-state index in [0.717, 1.165) is 12.8 Å². The zero-order valence-electron chi connectivity index (χ0n) is 11.7. The summed E-state index contributed by atoms with van der Waals surface area (Å²) in [6.07, 6.45) is 5.06. The first-order valence-electron chi connectivity index (χ1n) is 7.09. The summed E-state index contributed by atoms with van der Waals surface area (Å²) in [5.41, 5.74) is -0.830. The Bertz CT molecular complexity index is 345. The number of carbonyl (C=O) groups is 2. The number of rotatable bonds is 6. The van der Waals surface area contributed by atoms with Crippen LogP contribution in [0.5, 0.6) is 0 Å². The lowest BCUT2D eigenvalue weighted by atomic mass is 9.97. The van der Waals surface area contributed by atoms with Crippen molar-refractivity contribution in [2.24, 2.45) is 5.92 Å². The molecule has 1 N–H and O–H groups in total. The van der Waals surface area contributed by atoms with Gasteiger partial charge in [0, 0.05) is 0 Å². The van der Waals surface area contributed by atoms with Gasteiger partial charge in [0.05, 0.1) is 13.7 Å². The van der Waals surface area contributed by atoms with Crippen molar-refractivity contribution in [1.29, 1.82) is 0 Å². The normalized spacial score (nSPS) is 22.8. The van der Waals surface area contributed by atoms with E-state index in [1.807, 2.05) is 0 Å². The molecule has 19 heavy (non-hydrogen) atoms. The minimum absolute atomic E-state index is 0.215. The van der Waals surface area contributed by atoms with Crippen molar-refractivity contribution in [3.05, 3.63) is 0 Å². The van der Waals surface area contributed by atoms with Crippen LogP contribution >= 0.6 is 0 Å². The molecule has 5 nitrogen and oxygen atoms in total. The monoisotopic (exact) mass is 269 g/mol. The standard InChI is InChI=1S/C14H23NO4/c1-10(19-9-11-5-6-11)12(16)15-14(13(17)18-2)7-3-4-8-14/h10-11H,3-9H2,1-2H3,(H,15,16). The highest BCUT2D eigenvalue weighted by Crippen LogP contribution is 2.31. The van der Waals surface area contributed by atoms with Gasteiger partial charge in [-0.3, -0.25) is 4.79 Å². The zero-order chi connectivity index (χ0) is 13.9. The summed E-state index contributed by atoms with van der Waals surface area (Å²) in [5, 5.41) is 2.85. The Balaban J connectivity index is 1.88. The second kappa shape index (κ2) is 5.90. The smallest absolute Gasteiger partial charge is 0.331 e. The third kappa shape index (κ3) is 3.47. The van der Waals surface area contributed by atoms with Crippen LogP contribution in [0.3, 0.4) is 0 Å². The first kappa shape index (κ1) is 14.3. The highest BCUT2D eigenvalue weighted by Gasteiger charge is 2.44. The molecule has 108 valence electrons. The average Bonchev–Trinajstić information content (AvgIpc) is 3.13. The molecule has 1 atom stereocenters. The minimum Gasteiger partial charge on any atom is -0.467 e. The fourth-order valence-electron chi connectivity index (χ4n) is 2.53. The van der Waals surface area contributed by atoms with Crippen LogP contribution in [0, 0.1) is 5.92 Å². The number of methoxy groups -OCH3 is 1. The SMILES string of the molecule is COC(=O)C1(NC(=O)C(C)OCC2CC2)CCCC1. The summed E-state index contributed by atoms with van der Waals surface area (Å²) in [6.45, 7) is 2.37. The van der Waals surface area contributed by atoms with Crippen LogP contribution in [0.2, 0.25) is 0 Å². The van der Waals surface area contributed by atoms with Gasteiger partial charge in [-0.15, -0.1) is 0 Å². The molecule has 0 aromatic heterocycles. The quantitative estimate of drug-likeness (QED) is 0.740. The van der Waals surface area contributed by atoms with Gasteiger partial charge in [-0.2, -0.15) is 0 Å². The van der Waals surface area contributed by atoms with Crippen molar-refractivity contribution in [3.8, 4) is 0 Å². The van der Waals surface area contributed by atoms with E-state index in [-0.39, 0.29) is 11.9 Å². The molecule has 0 aromatic carbocycles. The fraction of sp³-hybridized carbons (Fsp3) is 0.857. The Morgan fingerprint density at radius 1 is 1.32 bits per heavy atom. The molecule has 2 aliphatic rings. The van der Waals surface area contributed by atoms with Gasteiger partial charge in [-0.1, -0.05) is 12.8 Å².